The number of aryl methyl sites for hydroxylation is 2. The molecule has 0 unspecified atom stereocenters. The van der Waals surface area contributed by atoms with Crippen LogP contribution in [0.1, 0.15) is 36.5 Å². The Kier molecular flexibility index (Phi) is 8.34. The molecule has 0 aliphatic carbocycles. The van der Waals surface area contributed by atoms with Crippen molar-refractivity contribution in [2.75, 3.05) is 7.05 Å². The summed E-state index contributed by atoms with van der Waals surface area (Å²) in [4.78, 5) is 27.1. The van der Waals surface area contributed by atoms with E-state index in [9.17, 15) is 9.59 Å². The van der Waals surface area contributed by atoms with E-state index in [-0.39, 0.29) is 18.4 Å². The van der Waals surface area contributed by atoms with Crippen molar-refractivity contribution >= 4 is 35.0 Å². The van der Waals surface area contributed by atoms with Crippen LogP contribution in [0.25, 0.3) is 0 Å². The highest BCUT2D eigenvalue weighted by Crippen LogP contribution is 2.27. The van der Waals surface area contributed by atoms with Gasteiger partial charge in [0, 0.05) is 35.6 Å². The number of rotatable bonds is 8. The van der Waals surface area contributed by atoms with Crippen molar-refractivity contribution in [1.29, 1.82) is 0 Å². The highest BCUT2D eigenvalue weighted by molar-refractivity contribution is 6.36. The van der Waals surface area contributed by atoms with E-state index in [0.717, 1.165) is 5.56 Å². The van der Waals surface area contributed by atoms with Crippen LogP contribution in [0.15, 0.2) is 42.5 Å². The van der Waals surface area contributed by atoms with Crippen LogP contribution in [-0.4, -0.2) is 29.8 Å². The van der Waals surface area contributed by atoms with Gasteiger partial charge in [-0.15, -0.1) is 0 Å². The standard InChI is InChI=1S/C22H26Cl2N2O2/c1-4-20(22(28)25-3)26(14-17-18(23)6-5-7-19(17)24)21(27)13-12-16-10-8-15(2)9-11-16/h5-11,20H,4,12-14H2,1-3H3,(H,25,28)/t20-/m1/s1. The molecule has 0 bridgehead atoms. The molecule has 0 aromatic heterocycles. The second-order valence-electron chi connectivity index (χ2n) is 6.75. The average Bonchev–Trinajstić information content (AvgIpc) is 2.69. The van der Waals surface area contributed by atoms with Crippen LogP contribution in [-0.2, 0) is 22.6 Å². The lowest BCUT2D eigenvalue weighted by molar-refractivity contribution is -0.141. The molecule has 6 heteroatoms. The zero-order valence-corrected chi connectivity index (χ0v) is 18.0. The second kappa shape index (κ2) is 10.5. The highest BCUT2D eigenvalue weighted by Gasteiger charge is 2.28. The fraction of sp³-hybridized carbons (Fsp3) is 0.364. The van der Waals surface area contributed by atoms with Crippen LogP contribution in [0.5, 0.6) is 0 Å². The Bertz CT molecular complexity index is 802. The molecule has 28 heavy (non-hydrogen) atoms. The first-order valence-electron chi connectivity index (χ1n) is 9.36. The van der Waals surface area contributed by atoms with Crippen molar-refractivity contribution in [2.45, 2.75) is 45.7 Å². The Morgan fingerprint density at radius 3 is 2.21 bits per heavy atom. The summed E-state index contributed by atoms with van der Waals surface area (Å²) in [5.41, 5.74) is 2.91. The van der Waals surface area contributed by atoms with E-state index < -0.39 is 6.04 Å². The molecular weight excluding hydrogens is 395 g/mol. The molecule has 1 atom stereocenters. The molecule has 0 aliphatic heterocycles. The van der Waals surface area contributed by atoms with Gasteiger partial charge in [-0.2, -0.15) is 0 Å². The minimum Gasteiger partial charge on any atom is -0.357 e. The average molecular weight is 421 g/mol. The molecule has 0 spiro atoms. The summed E-state index contributed by atoms with van der Waals surface area (Å²) < 4.78 is 0. The van der Waals surface area contributed by atoms with E-state index in [0.29, 0.717) is 34.9 Å². The Balaban J connectivity index is 2.24. The molecule has 0 aliphatic rings. The van der Waals surface area contributed by atoms with Gasteiger partial charge in [-0.3, -0.25) is 9.59 Å². The monoisotopic (exact) mass is 420 g/mol. The summed E-state index contributed by atoms with van der Waals surface area (Å²) in [6.45, 7) is 4.10. The number of carbonyl (C=O) groups excluding carboxylic acids is 2. The number of halogens is 2. The van der Waals surface area contributed by atoms with Gasteiger partial charge >= 0.3 is 0 Å². The number of nitrogens with one attached hydrogen (secondary N) is 1. The third-order valence-corrected chi connectivity index (χ3v) is 5.48. The Morgan fingerprint density at radius 2 is 1.68 bits per heavy atom. The van der Waals surface area contributed by atoms with Gasteiger partial charge in [0.05, 0.1) is 0 Å². The van der Waals surface area contributed by atoms with E-state index in [4.69, 9.17) is 23.2 Å². The zero-order valence-electron chi connectivity index (χ0n) is 16.5. The molecule has 0 saturated carbocycles. The van der Waals surface area contributed by atoms with Crippen molar-refractivity contribution in [3.8, 4) is 0 Å². The molecular formula is C22H26Cl2N2O2. The Labute approximate surface area is 176 Å². The van der Waals surface area contributed by atoms with E-state index in [2.05, 4.69) is 5.32 Å². The SMILES string of the molecule is CC[C@H](C(=O)NC)N(Cc1c(Cl)cccc1Cl)C(=O)CCc1ccc(C)cc1. The Hall–Kier alpha value is -2.04. The number of carbonyl (C=O) groups is 2. The summed E-state index contributed by atoms with van der Waals surface area (Å²) in [5.74, 6) is -0.304. The predicted octanol–water partition coefficient (Wildman–Crippen LogP) is 4.79. The van der Waals surface area contributed by atoms with Crippen molar-refractivity contribution in [3.05, 3.63) is 69.2 Å². The molecule has 2 aromatic rings. The van der Waals surface area contributed by atoms with Crippen molar-refractivity contribution in [3.63, 3.8) is 0 Å². The molecule has 0 radical (unpaired) electrons. The summed E-state index contributed by atoms with van der Waals surface area (Å²) in [7, 11) is 1.57. The van der Waals surface area contributed by atoms with Gasteiger partial charge < -0.3 is 10.2 Å². The van der Waals surface area contributed by atoms with Gasteiger partial charge in [0.25, 0.3) is 0 Å². The number of hydrogen-bond donors (Lipinski definition) is 1. The highest BCUT2D eigenvalue weighted by atomic mass is 35.5. The normalized spacial score (nSPS) is 11.8. The quantitative estimate of drug-likeness (QED) is 0.667. The molecule has 0 fully saturated rings. The van der Waals surface area contributed by atoms with E-state index in [1.165, 1.54) is 5.56 Å². The molecule has 1 N–H and O–H groups in total. The minimum absolute atomic E-state index is 0.105. The Morgan fingerprint density at radius 1 is 1.07 bits per heavy atom. The van der Waals surface area contributed by atoms with Gasteiger partial charge in [-0.05, 0) is 37.5 Å². The second-order valence-corrected chi connectivity index (χ2v) is 7.56. The smallest absolute Gasteiger partial charge is 0.242 e. The third kappa shape index (κ3) is 5.73. The summed E-state index contributed by atoms with van der Waals surface area (Å²) in [6, 6.07) is 12.7. The fourth-order valence-corrected chi connectivity index (χ4v) is 3.61. The van der Waals surface area contributed by atoms with Crippen LogP contribution < -0.4 is 5.32 Å². The van der Waals surface area contributed by atoms with Gasteiger partial charge in [0.2, 0.25) is 11.8 Å². The van der Waals surface area contributed by atoms with Gasteiger partial charge in [-0.1, -0.05) is 66.0 Å². The molecule has 0 heterocycles. The van der Waals surface area contributed by atoms with E-state index in [1.54, 1.807) is 30.1 Å². The van der Waals surface area contributed by atoms with Gasteiger partial charge in [0.15, 0.2) is 0 Å². The minimum atomic E-state index is -0.581. The van der Waals surface area contributed by atoms with Gasteiger partial charge in [0.1, 0.15) is 6.04 Å². The zero-order chi connectivity index (χ0) is 20.7. The molecule has 2 rings (SSSR count). The molecule has 2 aromatic carbocycles. The maximum absolute atomic E-state index is 13.1. The van der Waals surface area contributed by atoms with Crippen LogP contribution in [0.2, 0.25) is 10.0 Å². The van der Waals surface area contributed by atoms with E-state index in [1.807, 2.05) is 38.1 Å². The molecule has 4 nitrogen and oxygen atoms in total. The summed E-state index contributed by atoms with van der Waals surface area (Å²) in [6.07, 6.45) is 1.41. The largest absolute Gasteiger partial charge is 0.357 e. The first-order valence-corrected chi connectivity index (χ1v) is 10.1. The molecule has 150 valence electrons. The van der Waals surface area contributed by atoms with Crippen molar-refractivity contribution < 1.29 is 9.59 Å². The molecule has 2 amide bonds. The lowest BCUT2D eigenvalue weighted by Gasteiger charge is -2.31. The van der Waals surface area contributed by atoms with Crippen molar-refractivity contribution in [1.82, 2.24) is 10.2 Å². The van der Waals surface area contributed by atoms with Crippen molar-refractivity contribution in [2.24, 2.45) is 0 Å². The molecule has 0 saturated heterocycles. The number of amides is 2. The lowest BCUT2D eigenvalue weighted by Crippen LogP contribution is -2.48. The van der Waals surface area contributed by atoms with Crippen LogP contribution >= 0.6 is 23.2 Å². The van der Waals surface area contributed by atoms with Crippen LogP contribution in [0, 0.1) is 6.92 Å². The maximum Gasteiger partial charge on any atom is 0.242 e. The number of benzene rings is 2. The fourth-order valence-electron chi connectivity index (χ4n) is 3.09. The number of nitrogens with zero attached hydrogens (tertiary/aromatic N) is 1. The summed E-state index contributed by atoms with van der Waals surface area (Å²) >= 11 is 12.6. The third-order valence-electron chi connectivity index (χ3n) is 4.77. The van der Waals surface area contributed by atoms with Crippen LogP contribution in [0.3, 0.4) is 0 Å². The number of hydrogen-bond acceptors (Lipinski definition) is 2. The van der Waals surface area contributed by atoms with E-state index >= 15 is 0 Å². The number of likely N-dealkylation sites (N-methyl/N-ethyl adjacent to an activating group) is 1. The summed E-state index contributed by atoms with van der Waals surface area (Å²) in [5, 5.41) is 3.61. The maximum atomic E-state index is 13.1. The topological polar surface area (TPSA) is 49.4 Å². The lowest BCUT2D eigenvalue weighted by atomic mass is 10.1. The van der Waals surface area contributed by atoms with Crippen LogP contribution in [0.4, 0.5) is 0 Å². The van der Waals surface area contributed by atoms with Gasteiger partial charge in [-0.25, -0.2) is 0 Å². The first-order chi connectivity index (χ1) is 13.4. The first kappa shape index (κ1) is 22.3. The predicted molar refractivity (Wildman–Crippen MR) is 115 cm³/mol.